The van der Waals surface area contributed by atoms with E-state index in [9.17, 15) is 21.9 Å². The zero-order chi connectivity index (χ0) is 24.3. The van der Waals surface area contributed by atoms with Gasteiger partial charge in [0.1, 0.15) is 16.7 Å². The maximum absolute atomic E-state index is 13.4. The van der Waals surface area contributed by atoms with Gasteiger partial charge in [-0.2, -0.15) is 4.31 Å². The van der Waals surface area contributed by atoms with Gasteiger partial charge in [0.05, 0.1) is 26.0 Å². The molecule has 1 N–H and O–H groups in total. The SMILES string of the molecule is C[C@@H]1CN([C@H](C)CO)S(=O)(=O)c2ccc(C#CCN(C)C)cc2O[C@H]1CN(C)S(C)(=O)=O. The number of aliphatic hydroxyl groups is 1. The van der Waals surface area contributed by atoms with Gasteiger partial charge in [0.25, 0.3) is 0 Å². The number of aliphatic hydroxyl groups excluding tert-OH is 1. The second-order valence-electron chi connectivity index (χ2n) is 8.48. The summed E-state index contributed by atoms with van der Waals surface area (Å²) in [4.78, 5) is 1.88. The third-order valence-corrected chi connectivity index (χ3v) is 8.60. The molecule has 3 atom stereocenters. The molecule has 1 aromatic rings. The number of rotatable bonds is 6. The lowest BCUT2D eigenvalue weighted by Crippen LogP contribution is -2.50. The van der Waals surface area contributed by atoms with E-state index >= 15 is 0 Å². The highest BCUT2D eigenvalue weighted by Gasteiger charge is 2.38. The Morgan fingerprint density at radius 2 is 1.97 bits per heavy atom. The van der Waals surface area contributed by atoms with Crippen molar-refractivity contribution in [2.24, 2.45) is 5.92 Å². The van der Waals surface area contributed by atoms with Crippen molar-refractivity contribution < 1.29 is 26.7 Å². The first-order valence-corrected chi connectivity index (χ1v) is 13.5. The van der Waals surface area contributed by atoms with Gasteiger partial charge in [-0.15, -0.1) is 0 Å². The summed E-state index contributed by atoms with van der Waals surface area (Å²) in [5, 5.41) is 9.67. The lowest BCUT2D eigenvalue weighted by Gasteiger charge is -2.37. The van der Waals surface area contributed by atoms with Crippen molar-refractivity contribution in [3.8, 4) is 17.6 Å². The average Bonchev–Trinajstić information content (AvgIpc) is 2.68. The van der Waals surface area contributed by atoms with Crippen LogP contribution in [-0.4, -0.2) is 101 Å². The lowest BCUT2D eigenvalue weighted by atomic mass is 10.0. The van der Waals surface area contributed by atoms with E-state index in [1.807, 2.05) is 19.0 Å². The molecule has 0 aliphatic carbocycles. The number of benzene rings is 1. The number of sulfonamides is 2. The first-order valence-electron chi connectivity index (χ1n) is 10.3. The highest BCUT2D eigenvalue weighted by molar-refractivity contribution is 7.89. The van der Waals surface area contributed by atoms with Crippen molar-refractivity contribution in [3.05, 3.63) is 23.8 Å². The van der Waals surface area contributed by atoms with Crippen LogP contribution in [0, 0.1) is 17.8 Å². The van der Waals surface area contributed by atoms with Gasteiger partial charge in [-0.25, -0.2) is 21.1 Å². The second kappa shape index (κ2) is 10.5. The molecule has 1 aliphatic heterocycles. The number of ether oxygens (including phenoxy) is 1. The van der Waals surface area contributed by atoms with Gasteiger partial charge in [-0.05, 0) is 39.2 Å². The smallest absolute Gasteiger partial charge is 0.247 e. The summed E-state index contributed by atoms with van der Waals surface area (Å²) in [6.45, 7) is 3.76. The predicted molar refractivity (Wildman–Crippen MR) is 123 cm³/mol. The first-order chi connectivity index (χ1) is 14.8. The third kappa shape index (κ3) is 6.43. The summed E-state index contributed by atoms with van der Waals surface area (Å²) in [7, 11) is -2.17. The maximum atomic E-state index is 13.4. The van der Waals surface area contributed by atoms with E-state index in [1.54, 1.807) is 26.0 Å². The monoisotopic (exact) mass is 487 g/mol. The van der Waals surface area contributed by atoms with E-state index in [4.69, 9.17) is 4.74 Å². The van der Waals surface area contributed by atoms with Crippen molar-refractivity contribution in [2.75, 3.05) is 53.6 Å². The topological polar surface area (TPSA) is 107 Å². The molecular formula is C21H33N3O6S2. The summed E-state index contributed by atoms with van der Waals surface area (Å²) in [5.41, 5.74) is 0.589. The van der Waals surface area contributed by atoms with Crippen molar-refractivity contribution >= 4 is 20.0 Å². The van der Waals surface area contributed by atoms with Crippen molar-refractivity contribution in [1.82, 2.24) is 13.5 Å². The van der Waals surface area contributed by atoms with Crippen LogP contribution >= 0.6 is 0 Å². The van der Waals surface area contributed by atoms with Gasteiger partial charge in [-0.3, -0.25) is 4.90 Å². The number of fused-ring (bicyclic) bond motifs is 1. The van der Waals surface area contributed by atoms with Crippen LogP contribution in [0.15, 0.2) is 23.1 Å². The van der Waals surface area contributed by atoms with Crippen LogP contribution in [-0.2, 0) is 20.0 Å². The molecule has 0 spiro atoms. The number of hydrogen-bond donors (Lipinski definition) is 1. The quantitative estimate of drug-likeness (QED) is 0.574. The van der Waals surface area contributed by atoms with Gasteiger partial charge < -0.3 is 9.84 Å². The molecule has 2 rings (SSSR count). The zero-order valence-corrected chi connectivity index (χ0v) is 21.1. The fraction of sp³-hybridized carbons (Fsp3) is 0.619. The van der Waals surface area contributed by atoms with E-state index in [-0.39, 0.29) is 36.3 Å². The lowest BCUT2D eigenvalue weighted by molar-refractivity contribution is 0.0905. The highest BCUT2D eigenvalue weighted by atomic mass is 32.2. The van der Waals surface area contributed by atoms with Crippen LogP contribution in [0.4, 0.5) is 0 Å². The second-order valence-corrected chi connectivity index (χ2v) is 12.4. The molecule has 0 fully saturated rings. The minimum absolute atomic E-state index is 0.0325. The van der Waals surface area contributed by atoms with E-state index in [0.29, 0.717) is 12.1 Å². The zero-order valence-electron chi connectivity index (χ0n) is 19.4. The third-order valence-electron chi connectivity index (χ3n) is 5.30. The summed E-state index contributed by atoms with van der Waals surface area (Å²) in [6.07, 6.45) is 0.500. The van der Waals surface area contributed by atoms with Gasteiger partial charge in [0, 0.05) is 31.1 Å². The van der Waals surface area contributed by atoms with E-state index in [0.717, 1.165) is 6.26 Å². The molecule has 0 amide bonds. The Morgan fingerprint density at radius 3 is 2.53 bits per heavy atom. The molecule has 11 heteroatoms. The van der Waals surface area contributed by atoms with Crippen molar-refractivity contribution in [2.45, 2.75) is 30.9 Å². The molecule has 0 aromatic heterocycles. The molecule has 1 aromatic carbocycles. The predicted octanol–water partition coefficient (Wildman–Crippen LogP) is 0.260. The first kappa shape index (κ1) is 26.6. The molecule has 0 unspecified atom stereocenters. The van der Waals surface area contributed by atoms with Crippen molar-refractivity contribution in [1.29, 1.82) is 0 Å². The minimum Gasteiger partial charge on any atom is -0.487 e. The van der Waals surface area contributed by atoms with E-state index in [1.165, 1.54) is 21.7 Å². The number of hydrogen-bond acceptors (Lipinski definition) is 7. The molecule has 0 saturated carbocycles. The van der Waals surface area contributed by atoms with Crippen LogP contribution in [0.3, 0.4) is 0 Å². The van der Waals surface area contributed by atoms with Crippen LogP contribution in [0.5, 0.6) is 5.75 Å². The normalized spacial score (nSPS) is 22.3. The largest absolute Gasteiger partial charge is 0.487 e. The minimum atomic E-state index is -3.96. The van der Waals surface area contributed by atoms with Gasteiger partial charge in [0.15, 0.2) is 0 Å². The summed E-state index contributed by atoms with van der Waals surface area (Å²) >= 11 is 0. The Balaban J connectivity index is 2.59. The van der Waals surface area contributed by atoms with Crippen LogP contribution in [0.2, 0.25) is 0 Å². The molecule has 180 valence electrons. The van der Waals surface area contributed by atoms with E-state index < -0.39 is 32.2 Å². The molecule has 0 radical (unpaired) electrons. The average molecular weight is 488 g/mol. The van der Waals surface area contributed by atoms with Gasteiger partial charge in [0.2, 0.25) is 20.0 Å². The Hall–Kier alpha value is -1.68. The Morgan fingerprint density at radius 1 is 1.31 bits per heavy atom. The summed E-state index contributed by atoms with van der Waals surface area (Å²) in [6, 6.07) is 3.99. The Bertz CT molecular complexity index is 1080. The molecule has 1 heterocycles. The number of nitrogens with zero attached hydrogens (tertiary/aromatic N) is 3. The van der Waals surface area contributed by atoms with Crippen LogP contribution in [0.25, 0.3) is 0 Å². The van der Waals surface area contributed by atoms with Crippen LogP contribution in [0.1, 0.15) is 19.4 Å². The molecule has 0 bridgehead atoms. The molecule has 32 heavy (non-hydrogen) atoms. The van der Waals surface area contributed by atoms with Gasteiger partial charge in [-0.1, -0.05) is 18.8 Å². The van der Waals surface area contributed by atoms with E-state index in [2.05, 4.69) is 11.8 Å². The molecular weight excluding hydrogens is 454 g/mol. The fourth-order valence-corrected chi connectivity index (χ4v) is 5.45. The molecule has 9 nitrogen and oxygen atoms in total. The van der Waals surface area contributed by atoms with Crippen LogP contribution < -0.4 is 4.74 Å². The van der Waals surface area contributed by atoms with Gasteiger partial charge >= 0.3 is 0 Å². The summed E-state index contributed by atoms with van der Waals surface area (Å²) < 4.78 is 59.3. The summed E-state index contributed by atoms with van der Waals surface area (Å²) in [5.74, 6) is 5.78. The Kier molecular flexibility index (Phi) is 8.72. The molecule has 1 aliphatic rings. The fourth-order valence-electron chi connectivity index (χ4n) is 3.21. The Labute approximate surface area is 192 Å². The van der Waals surface area contributed by atoms with Crippen molar-refractivity contribution in [3.63, 3.8) is 0 Å². The standard InChI is InChI=1S/C21H33N3O6S2/c1-16-13-24(17(2)15-25)32(28,29)21-10-9-18(8-7-11-22(3)4)12-19(21)30-20(16)14-23(5)31(6,26)27/h9-10,12,16-17,20,25H,11,13-15H2,1-6H3/t16-,17-,20+/m1/s1. The molecule has 0 saturated heterocycles. The highest BCUT2D eigenvalue weighted by Crippen LogP contribution is 2.34. The number of likely N-dealkylation sites (N-methyl/N-ethyl adjacent to an activating group) is 1. The maximum Gasteiger partial charge on any atom is 0.247 e.